The van der Waals surface area contributed by atoms with Crippen LogP contribution in [0.1, 0.15) is 57.1 Å². The molecule has 0 aromatic heterocycles. The Hall–Kier alpha value is -1.03. The maximum absolute atomic E-state index is 12.7. The van der Waals surface area contributed by atoms with Gasteiger partial charge in [-0.1, -0.05) is 51.3 Å². The zero-order chi connectivity index (χ0) is 15.7. The number of alkyl halides is 3. The molecule has 1 atom stereocenters. The van der Waals surface area contributed by atoms with E-state index >= 15 is 0 Å². The molecule has 0 heterocycles. The van der Waals surface area contributed by atoms with E-state index < -0.39 is 11.7 Å². The summed E-state index contributed by atoms with van der Waals surface area (Å²) in [5.74, 6) is 0. The van der Waals surface area contributed by atoms with Crippen molar-refractivity contribution in [1.29, 1.82) is 0 Å². The van der Waals surface area contributed by atoms with Gasteiger partial charge in [0, 0.05) is 6.04 Å². The Balaban J connectivity index is 2.68. The van der Waals surface area contributed by atoms with Crippen LogP contribution in [-0.2, 0) is 12.6 Å². The number of halogens is 3. The van der Waals surface area contributed by atoms with E-state index in [-0.39, 0.29) is 6.04 Å². The first kappa shape index (κ1) is 18.0. The average molecular weight is 301 g/mol. The van der Waals surface area contributed by atoms with Crippen LogP contribution in [0.25, 0.3) is 0 Å². The van der Waals surface area contributed by atoms with Crippen LogP contribution in [0.4, 0.5) is 13.2 Å². The Morgan fingerprint density at radius 1 is 1.10 bits per heavy atom. The third-order valence-corrected chi connectivity index (χ3v) is 3.58. The summed E-state index contributed by atoms with van der Waals surface area (Å²) in [6.07, 6.45) is 1.91. The van der Waals surface area contributed by atoms with Crippen molar-refractivity contribution < 1.29 is 13.2 Å². The van der Waals surface area contributed by atoms with Crippen LogP contribution in [0.2, 0.25) is 0 Å². The maximum atomic E-state index is 12.7. The Labute approximate surface area is 125 Å². The lowest BCUT2D eigenvalue weighted by molar-refractivity contribution is -0.137. The number of rotatable bonds is 9. The summed E-state index contributed by atoms with van der Waals surface area (Å²) in [6.45, 7) is 5.16. The number of unbranched alkanes of at least 4 members (excludes halogenated alkanes) is 2. The van der Waals surface area contributed by atoms with Crippen LogP contribution in [0.15, 0.2) is 24.3 Å². The zero-order valence-electron chi connectivity index (χ0n) is 13.0. The van der Waals surface area contributed by atoms with Gasteiger partial charge in [0.05, 0.1) is 5.56 Å². The number of nitrogens with one attached hydrogen (secondary N) is 1. The molecule has 0 aliphatic heterocycles. The van der Waals surface area contributed by atoms with E-state index in [1.54, 1.807) is 6.07 Å². The fourth-order valence-corrected chi connectivity index (χ4v) is 2.42. The van der Waals surface area contributed by atoms with E-state index in [0.717, 1.165) is 43.9 Å². The van der Waals surface area contributed by atoms with Gasteiger partial charge >= 0.3 is 6.18 Å². The summed E-state index contributed by atoms with van der Waals surface area (Å²) in [7, 11) is 0. The quantitative estimate of drug-likeness (QED) is 0.618. The molecule has 1 aromatic rings. The second-order valence-corrected chi connectivity index (χ2v) is 5.55. The SMILES string of the molecule is CCCCCC(Cc1cccc(C(F)(F)F)c1)NCCC. The lowest BCUT2D eigenvalue weighted by Gasteiger charge is -2.19. The summed E-state index contributed by atoms with van der Waals surface area (Å²) in [5.41, 5.74) is 0.206. The maximum Gasteiger partial charge on any atom is 0.416 e. The number of hydrogen-bond acceptors (Lipinski definition) is 1. The minimum atomic E-state index is -4.26. The lowest BCUT2D eigenvalue weighted by Crippen LogP contribution is -2.31. The van der Waals surface area contributed by atoms with Crippen LogP contribution in [0.3, 0.4) is 0 Å². The van der Waals surface area contributed by atoms with Crippen molar-refractivity contribution in [2.24, 2.45) is 0 Å². The van der Waals surface area contributed by atoms with Gasteiger partial charge in [0.15, 0.2) is 0 Å². The van der Waals surface area contributed by atoms with E-state index in [1.165, 1.54) is 18.6 Å². The molecular formula is C17H26F3N. The van der Waals surface area contributed by atoms with Gasteiger partial charge in [-0.15, -0.1) is 0 Å². The summed E-state index contributed by atoms with van der Waals surface area (Å²) in [6, 6.07) is 5.96. The molecule has 21 heavy (non-hydrogen) atoms. The second kappa shape index (κ2) is 9.08. The summed E-state index contributed by atoms with van der Waals surface area (Å²) in [5, 5.41) is 3.45. The Morgan fingerprint density at radius 2 is 1.86 bits per heavy atom. The van der Waals surface area contributed by atoms with Gasteiger partial charge in [0.25, 0.3) is 0 Å². The molecule has 0 fully saturated rings. The molecule has 0 aliphatic carbocycles. The van der Waals surface area contributed by atoms with Gasteiger partial charge in [0.2, 0.25) is 0 Å². The largest absolute Gasteiger partial charge is 0.416 e. The van der Waals surface area contributed by atoms with E-state index in [1.807, 2.05) is 0 Å². The highest BCUT2D eigenvalue weighted by Crippen LogP contribution is 2.29. The van der Waals surface area contributed by atoms with Crippen molar-refractivity contribution in [1.82, 2.24) is 5.32 Å². The van der Waals surface area contributed by atoms with Gasteiger partial charge in [-0.3, -0.25) is 0 Å². The first-order chi connectivity index (χ1) is 9.97. The average Bonchev–Trinajstić information content (AvgIpc) is 2.44. The molecule has 0 radical (unpaired) electrons. The molecule has 0 saturated carbocycles. The van der Waals surface area contributed by atoms with Gasteiger partial charge in [-0.2, -0.15) is 13.2 Å². The van der Waals surface area contributed by atoms with Crippen LogP contribution >= 0.6 is 0 Å². The molecule has 120 valence electrons. The minimum Gasteiger partial charge on any atom is -0.314 e. The highest BCUT2D eigenvalue weighted by atomic mass is 19.4. The Kier molecular flexibility index (Phi) is 7.79. The molecule has 1 nitrogen and oxygen atoms in total. The molecule has 0 saturated heterocycles. The Morgan fingerprint density at radius 3 is 2.48 bits per heavy atom. The molecule has 0 aliphatic rings. The van der Waals surface area contributed by atoms with E-state index in [2.05, 4.69) is 19.2 Å². The van der Waals surface area contributed by atoms with Crippen LogP contribution in [0, 0.1) is 0 Å². The van der Waals surface area contributed by atoms with Crippen LogP contribution in [-0.4, -0.2) is 12.6 Å². The molecule has 1 aromatic carbocycles. The van der Waals surface area contributed by atoms with E-state index in [4.69, 9.17) is 0 Å². The van der Waals surface area contributed by atoms with Gasteiger partial charge in [0.1, 0.15) is 0 Å². The summed E-state index contributed by atoms with van der Waals surface area (Å²) in [4.78, 5) is 0. The molecule has 1 rings (SSSR count). The van der Waals surface area contributed by atoms with E-state index in [9.17, 15) is 13.2 Å². The van der Waals surface area contributed by atoms with Crippen molar-refractivity contribution in [3.8, 4) is 0 Å². The van der Waals surface area contributed by atoms with Crippen molar-refractivity contribution in [2.75, 3.05) is 6.54 Å². The monoisotopic (exact) mass is 301 g/mol. The number of benzene rings is 1. The molecular weight excluding hydrogens is 275 g/mol. The molecule has 1 N–H and O–H groups in total. The standard InChI is InChI=1S/C17H26F3N/c1-3-5-6-10-16(21-11-4-2)13-14-8-7-9-15(12-14)17(18,19)20/h7-9,12,16,21H,3-6,10-11,13H2,1-2H3. The summed E-state index contributed by atoms with van der Waals surface area (Å²) >= 11 is 0. The summed E-state index contributed by atoms with van der Waals surface area (Å²) < 4.78 is 38.2. The highest BCUT2D eigenvalue weighted by Gasteiger charge is 2.30. The Bertz CT molecular complexity index is 401. The highest BCUT2D eigenvalue weighted by molar-refractivity contribution is 5.26. The molecule has 1 unspecified atom stereocenters. The van der Waals surface area contributed by atoms with Crippen molar-refractivity contribution >= 4 is 0 Å². The van der Waals surface area contributed by atoms with Crippen molar-refractivity contribution in [3.05, 3.63) is 35.4 Å². The zero-order valence-corrected chi connectivity index (χ0v) is 13.0. The smallest absolute Gasteiger partial charge is 0.314 e. The third kappa shape index (κ3) is 6.98. The predicted octanol–water partition coefficient (Wildman–Crippen LogP) is 5.20. The van der Waals surface area contributed by atoms with E-state index in [0.29, 0.717) is 6.42 Å². The van der Waals surface area contributed by atoms with Crippen molar-refractivity contribution in [3.63, 3.8) is 0 Å². The predicted molar refractivity (Wildman–Crippen MR) is 81.4 cm³/mol. The molecule has 0 spiro atoms. The molecule has 4 heteroatoms. The second-order valence-electron chi connectivity index (χ2n) is 5.55. The topological polar surface area (TPSA) is 12.0 Å². The fourth-order valence-electron chi connectivity index (χ4n) is 2.42. The molecule has 0 amide bonds. The molecule has 0 bridgehead atoms. The van der Waals surface area contributed by atoms with Crippen LogP contribution in [0.5, 0.6) is 0 Å². The van der Waals surface area contributed by atoms with Gasteiger partial charge < -0.3 is 5.32 Å². The van der Waals surface area contributed by atoms with Crippen LogP contribution < -0.4 is 5.32 Å². The third-order valence-electron chi connectivity index (χ3n) is 3.58. The van der Waals surface area contributed by atoms with Crippen molar-refractivity contribution in [2.45, 2.75) is 64.6 Å². The van der Waals surface area contributed by atoms with Gasteiger partial charge in [-0.05, 0) is 37.4 Å². The first-order valence-corrected chi connectivity index (χ1v) is 7.86. The first-order valence-electron chi connectivity index (χ1n) is 7.86. The fraction of sp³-hybridized carbons (Fsp3) is 0.647. The normalized spacial score (nSPS) is 13.4. The number of hydrogen-bond donors (Lipinski definition) is 1. The lowest BCUT2D eigenvalue weighted by atomic mass is 9.99. The van der Waals surface area contributed by atoms with Gasteiger partial charge in [-0.25, -0.2) is 0 Å². The minimum absolute atomic E-state index is 0.264.